The van der Waals surface area contributed by atoms with Crippen molar-refractivity contribution in [2.75, 3.05) is 12.0 Å². The molecule has 0 spiro atoms. The molecule has 1 atom stereocenters. The second kappa shape index (κ2) is 6.44. The minimum atomic E-state index is -0.282. The lowest BCUT2D eigenvalue weighted by Crippen LogP contribution is -2.28. The van der Waals surface area contributed by atoms with Gasteiger partial charge in [-0.05, 0) is 34.9 Å². The summed E-state index contributed by atoms with van der Waals surface area (Å²) in [5.74, 6) is 0.599. The number of nitrogens with zero attached hydrogens (tertiary/aromatic N) is 1. The molecule has 1 aliphatic heterocycles. The number of amides is 1. The first-order chi connectivity index (χ1) is 12.3. The SMILES string of the molecule is COc1ccc2c(c1)C(c1ccccc1)C(=O)N2Cc1ccccc1. The molecule has 0 aliphatic carbocycles. The number of anilines is 1. The Bertz CT molecular complexity index is 890. The van der Waals surface area contributed by atoms with E-state index in [9.17, 15) is 4.79 Å². The van der Waals surface area contributed by atoms with Gasteiger partial charge in [-0.3, -0.25) is 4.79 Å². The molecule has 0 saturated carbocycles. The van der Waals surface area contributed by atoms with Crippen LogP contribution in [-0.2, 0) is 11.3 Å². The third kappa shape index (κ3) is 2.78. The molecule has 124 valence electrons. The summed E-state index contributed by atoms with van der Waals surface area (Å²) in [4.78, 5) is 15.1. The fourth-order valence-corrected chi connectivity index (χ4v) is 3.44. The number of hydrogen-bond acceptors (Lipinski definition) is 2. The summed E-state index contributed by atoms with van der Waals surface area (Å²) in [6, 6.07) is 25.9. The normalized spacial score (nSPS) is 16.0. The molecular weight excluding hydrogens is 310 g/mol. The standard InChI is InChI=1S/C22H19NO2/c1-25-18-12-13-20-19(14-18)21(17-10-6-3-7-11-17)22(24)23(20)15-16-8-4-2-5-9-16/h2-14,21H,15H2,1H3. The van der Waals surface area contributed by atoms with E-state index in [4.69, 9.17) is 4.74 Å². The molecule has 0 aromatic heterocycles. The van der Waals surface area contributed by atoms with Crippen molar-refractivity contribution in [1.82, 2.24) is 0 Å². The van der Waals surface area contributed by atoms with E-state index in [1.54, 1.807) is 7.11 Å². The van der Waals surface area contributed by atoms with E-state index >= 15 is 0 Å². The van der Waals surface area contributed by atoms with Gasteiger partial charge in [0, 0.05) is 5.69 Å². The zero-order valence-electron chi connectivity index (χ0n) is 14.1. The Labute approximate surface area is 147 Å². The van der Waals surface area contributed by atoms with Gasteiger partial charge in [0.05, 0.1) is 19.6 Å². The number of ether oxygens (including phenoxy) is 1. The molecule has 1 amide bonds. The van der Waals surface area contributed by atoms with Crippen LogP contribution in [0.15, 0.2) is 78.9 Å². The Balaban J connectivity index is 1.79. The van der Waals surface area contributed by atoms with Gasteiger partial charge in [0.1, 0.15) is 5.75 Å². The highest BCUT2D eigenvalue weighted by atomic mass is 16.5. The first-order valence-corrected chi connectivity index (χ1v) is 8.36. The molecule has 1 unspecified atom stereocenters. The van der Waals surface area contributed by atoms with Crippen LogP contribution in [-0.4, -0.2) is 13.0 Å². The maximum absolute atomic E-state index is 13.3. The summed E-state index contributed by atoms with van der Waals surface area (Å²) in [5.41, 5.74) is 4.10. The van der Waals surface area contributed by atoms with Crippen LogP contribution >= 0.6 is 0 Å². The minimum absolute atomic E-state index is 0.110. The smallest absolute Gasteiger partial charge is 0.239 e. The predicted octanol–water partition coefficient (Wildman–Crippen LogP) is 4.37. The second-order valence-corrected chi connectivity index (χ2v) is 6.18. The lowest BCUT2D eigenvalue weighted by atomic mass is 9.92. The molecule has 1 heterocycles. The zero-order chi connectivity index (χ0) is 17.2. The Morgan fingerprint density at radius 1 is 0.920 bits per heavy atom. The zero-order valence-corrected chi connectivity index (χ0v) is 14.1. The van der Waals surface area contributed by atoms with Crippen molar-refractivity contribution in [3.05, 3.63) is 95.6 Å². The van der Waals surface area contributed by atoms with Crippen LogP contribution in [0, 0.1) is 0 Å². The number of benzene rings is 3. The van der Waals surface area contributed by atoms with E-state index in [1.165, 1.54) is 0 Å². The summed E-state index contributed by atoms with van der Waals surface area (Å²) in [6.07, 6.45) is 0. The van der Waals surface area contributed by atoms with E-state index in [-0.39, 0.29) is 11.8 Å². The van der Waals surface area contributed by atoms with Crippen molar-refractivity contribution in [3.63, 3.8) is 0 Å². The van der Waals surface area contributed by atoms with E-state index < -0.39 is 0 Å². The molecule has 0 saturated heterocycles. The number of methoxy groups -OCH3 is 1. The third-order valence-corrected chi connectivity index (χ3v) is 4.67. The van der Waals surface area contributed by atoms with Crippen LogP contribution in [0.2, 0.25) is 0 Å². The number of rotatable bonds is 4. The maximum Gasteiger partial charge on any atom is 0.239 e. The van der Waals surface area contributed by atoms with Gasteiger partial charge >= 0.3 is 0 Å². The van der Waals surface area contributed by atoms with Gasteiger partial charge in [-0.25, -0.2) is 0 Å². The van der Waals surface area contributed by atoms with Crippen LogP contribution < -0.4 is 9.64 Å². The predicted molar refractivity (Wildman–Crippen MR) is 98.9 cm³/mol. The van der Waals surface area contributed by atoms with Gasteiger partial charge in [-0.1, -0.05) is 60.7 Å². The molecule has 3 nitrogen and oxygen atoms in total. The van der Waals surface area contributed by atoms with Gasteiger partial charge in [-0.2, -0.15) is 0 Å². The largest absolute Gasteiger partial charge is 0.497 e. The fourth-order valence-electron chi connectivity index (χ4n) is 3.44. The van der Waals surface area contributed by atoms with Crippen molar-refractivity contribution < 1.29 is 9.53 Å². The number of hydrogen-bond donors (Lipinski definition) is 0. The molecule has 4 rings (SSSR count). The Morgan fingerprint density at radius 2 is 1.60 bits per heavy atom. The number of carbonyl (C=O) groups is 1. The molecule has 3 aromatic carbocycles. The Morgan fingerprint density at radius 3 is 2.28 bits per heavy atom. The topological polar surface area (TPSA) is 29.5 Å². The van der Waals surface area contributed by atoms with Gasteiger partial charge in [-0.15, -0.1) is 0 Å². The molecule has 0 N–H and O–H groups in total. The van der Waals surface area contributed by atoms with E-state index in [1.807, 2.05) is 83.8 Å². The highest BCUT2D eigenvalue weighted by molar-refractivity contribution is 6.07. The Kier molecular flexibility index (Phi) is 3.98. The van der Waals surface area contributed by atoms with Gasteiger partial charge in [0.15, 0.2) is 0 Å². The van der Waals surface area contributed by atoms with Crippen molar-refractivity contribution in [2.24, 2.45) is 0 Å². The van der Waals surface area contributed by atoms with Crippen molar-refractivity contribution >= 4 is 11.6 Å². The number of fused-ring (bicyclic) bond motifs is 1. The summed E-state index contributed by atoms with van der Waals surface area (Å²) < 4.78 is 5.38. The average Bonchev–Trinajstić information content (AvgIpc) is 2.94. The average molecular weight is 329 g/mol. The molecule has 25 heavy (non-hydrogen) atoms. The highest BCUT2D eigenvalue weighted by Gasteiger charge is 2.38. The first-order valence-electron chi connectivity index (χ1n) is 8.36. The number of carbonyl (C=O) groups excluding carboxylic acids is 1. The highest BCUT2D eigenvalue weighted by Crippen LogP contribution is 2.43. The Hall–Kier alpha value is -3.07. The second-order valence-electron chi connectivity index (χ2n) is 6.18. The molecular formula is C22H19NO2. The van der Waals surface area contributed by atoms with Crippen molar-refractivity contribution in [2.45, 2.75) is 12.5 Å². The van der Waals surface area contributed by atoms with Gasteiger partial charge in [0.25, 0.3) is 0 Å². The van der Waals surface area contributed by atoms with Crippen molar-refractivity contribution in [1.29, 1.82) is 0 Å². The molecule has 0 bridgehead atoms. The van der Waals surface area contributed by atoms with Crippen LogP contribution in [0.1, 0.15) is 22.6 Å². The first kappa shape index (κ1) is 15.5. The van der Waals surface area contributed by atoms with E-state index in [2.05, 4.69) is 0 Å². The van der Waals surface area contributed by atoms with Crippen molar-refractivity contribution in [3.8, 4) is 5.75 Å². The fraction of sp³-hybridized carbons (Fsp3) is 0.136. The summed E-state index contributed by atoms with van der Waals surface area (Å²) in [5, 5.41) is 0. The van der Waals surface area contributed by atoms with Gasteiger partial charge in [0.2, 0.25) is 5.91 Å². The van der Waals surface area contributed by atoms with E-state index in [0.29, 0.717) is 6.54 Å². The summed E-state index contributed by atoms with van der Waals surface area (Å²) >= 11 is 0. The molecule has 1 aliphatic rings. The summed E-state index contributed by atoms with van der Waals surface area (Å²) in [7, 11) is 1.65. The molecule has 3 aromatic rings. The van der Waals surface area contributed by atoms with Crippen LogP contribution in [0.5, 0.6) is 5.75 Å². The molecule has 0 fully saturated rings. The van der Waals surface area contributed by atoms with E-state index in [0.717, 1.165) is 28.1 Å². The molecule has 0 radical (unpaired) electrons. The van der Waals surface area contributed by atoms with Crippen LogP contribution in [0.25, 0.3) is 0 Å². The third-order valence-electron chi connectivity index (χ3n) is 4.67. The summed E-state index contributed by atoms with van der Waals surface area (Å²) in [6.45, 7) is 0.572. The van der Waals surface area contributed by atoms with Crippen LogP contribution in [0.3, 0.4) is 0 Å². The van der Waals surface area contributed by atoms with Gasteiger partial charge < -0.3 is 9.64 Å². The minimum Gasteiger partial charge on any atom is -0.497 e. The molecule has 3 heteroatoms. The maximum atomic E-state index is 13.3. The lowest BCUT2D eigenvalue weighted by Gasteiger charge is -2.18. The quantitative estimate of drug-likeness (QED) is 0.711. The monoisotopic (exact) mass is 329 g/mol. The van der Waals surface area contributed by atoms with Crippen LogP contribution in [0.4, 0.5) is 5.69 Å². The lowest BCUT2D eigenvalue weighted by molar-refractivity contribution is -0.118.